The van der Waals surface area contributed by atoms with Gasteiger partial charge < -0.3 is 0 Å². The first-order valence-electron chi connectivity index (χ1n) is 12.5. The van der Waals surface area contributed by atoms with Gasteiger partial charge in [-0.2, -0.15) is 0 Å². The fourth-order valence-electron chi connectivity index (χ4n) is 5.67. The Labute approximate surface area is 207 Å². The van der Waals surface area contributed by atoms with Crippen molar-refractivity contribution in [3.05, 3.63) is 137 Å². The quantitative estimate of drug-likeness (QED) is 0.279. The molecule has 5 aromatic rings. The zero-order valence-electron chi connectivity index (χ0n) is 20.2. The van der Waals surface area contributed by atoms with Crippen LogP contribution in [-0.2, 0) is 19.3 Å². The number of fused-ring (bicyclic) bond motifs is 3. The van der Waals surface area contributed by atoms with Crippen LogP contribution in [0.15, 0.2) is 109 Å². The summed E-state index contributed by atoms with van der Waals surface area (Å²) in [6.45, 7) is 1.18. The van der Waals surface area contributed by atoms with Gasteiger partial charge >= 0.3 is 0 Å². The van der Waals surface area contributed by atoms with E-state index < -0.39 is 0 Å². The second kappa shape index (κ2) is 9.48. The van der Waals surface area contributed by atoms with Crippen molar-refractivity contribution < 1.29 is 0 Å². The summed E-state index contributed by atoms with van der Waals surface area (Å²) in [7, 11) is 2.26. The van der Waals surface area contributed by atoms with Crippen molar-refractivity contribution in [2.75, 3.05) is 13.6 Å². The summed E-state index contributed by atoms with van der Waals surface area (Å²) in [5.41, 5.74) is 10.0. The first kappa shape index (κ1) is 21.8. The molecule has 0 radical (unpaired) electrons. The van der Waals surface area contributed by atoms with Gasteiger partial charge in [0.25, 0.3) is 0 Å². The molecule has 2 nitrogen and oxygen atoms in total. The second-order valence-electron chi connectivity index (χ2n) is 9.63. The Bertz CT molecular complexity index is 1470. The van der Waals surface area contributed by atoms with E-state index in [1.54, 1.807) is 11.1 Å². The van der Waals surface area contributed by atoms with E-state index in [0.29, 0.717) is 6.04 Å². The highest BCUT2D eigenvalue weighted by molar-refractivity contribution is 5.84. The Hall–Kier alpha value is -3.75. The van der Waals surface area contributed by atoms with Gasteiger partial charge in [-0.05, 0) is 64.7 Å². The van der Waals surface area contributed by atoms with E-state index >= 15 is 0 Å². The molecule has 0 saturated carbocycles. The van der Waals surface area contributed by atoms with Crippen molar-refractivity contribution in [1.29, 1.82) is 0 Å². The number of benzene rings is 4. The predicted octanol–water partition coefficient (Wildman–Crippen LogP) is 7.26. The maximum absolute atomic E-state index is 4.50. The molecule has 1 aliphatic carbocycles. The highest BCUT2D eigenvalue weighted by Crippen LogP contribution is 2.44. The average Bonchev–Trinajstić information content (AvgIpc) is 2.92. The standard InChI is InChI=1S/C17H17N.C16H13N/c1-18-10-9-12-6-4-8-15-14-7-3-2-5-13(14)11-16(18)17(12)15;1-2-6-13(7-3-1)12-16-15-9-5-4-8-14(15)10-11-17-16/h2-8,16H,9-11H2,1H3;1-11H,12H2. The molecule has 0 spiro atoms. The van der Waals surface area contributed by atoms with Gasteiger partial charge in [0.05, 0.1) is 5.69 Å². The SMILES string of the molecule is CN1CCc2cccc3c2C1Cc1ccccc1-3.c1ccc(Cc2nccc3ccccc23)cc1. The number of likely N-dealkylation sites (N-methyl/N-ethyl adjacent to an activating group) is 1. The highest BCUT2D eigenvalue weighted by Gasteiger charge is 2.31. The van der Waals surface area contributed by atoms with Gasteiger partial charge in [0.15, 0.2) is 0 Å². The van der Waals surface area contributed by atoms with Gasteiger partial charge in [0, 0.05) is 30.6 Å². The number of rotatable bonds is 2. The van der Waals surface area contributed by atoms with Crippen LogP contribution < -0.4 is 0 Å². The maximum Gasteiger partial charge on any atom is 0.0525 e. The Morgan fingerprint density at radius 3 is 2.40 bits per heavy atom. The minimum atomic E-state index is 0.583. The molecule has 172 valence electrons. The van der Waals surface area contributed by atoms with Crippen molar-refractivity contribution in [2.45, 2.75) is 25.3 Å². The van der Waals surface area contributed by atoms with Crippen molar-refractivity contribution in [2.24, 2.45) is 0 Å². The molecular weight excluding hydrogens is 424 g/mol. The molecule has 0 amide bonds. The van der Waals surface area contributed by atoms with E-state index in [2.05, 4.69) is 114 Å². The summed E-state index contributed by atoms with van der Waals surface area (Å²) in [5.74, 6) is 0. The molecule has 1 aliphatic heterocycles. The van der Waals surface area contributed by atoms with E-state index in [0.717, 1.165) is 18.5 Å². The van der Waals surface area contributed by atoms with Crippen LogP contribution in [0.2, 0.25) is 0 Å². The minimum Gasteiger partial charge on any atom is -0.299 e. The third kappa shape index (κ3) is 4.26. The van der Waals surface area contributed by atoms with E-state index in [-0.39, 0.29) is 0 Å². The molecule has 2 heteroatoms. The molecule has 1 atom stereocenters. The van der Waals surface area contributed by atoms with Crippen LogP contribution in [0, 0.1) is 0 Å². The van der Waals surface area contributed by atoms with Crippen molar-refractivity contribution >= 4 is 10.8 Å². The summed E-state index contributed by atoms with van der Waals surface area (Å²) >= 11 is 0. The summed E-state index contributed by atoms with van der Waals surface area (Å²) in [6.07, 6.45) is 5.14. The van der Waals surface area contributed by atoms with Crippen LogP contribution in [0.3, 0.4) is 0 Å². The average molecular weight is 455 g/mol. The third-order valence-corrected chi connectivity index (χ3v) is 7.49. The number of aromatic nitrogens is 1. The van der Waals surface area contributed by atoms with Crippen molar-refractivity contribution in [3.8, 4) is 11.1 Å². The van der Waals surface area contributed by atoms with Gasteiger partial charge in [-0.3, -0.25) is 9.88 Å². The van der Waals surface area contributed by atoms with Crippen LogP contribution >= 0.6 is 0 Å². The monoisotopic (exact) mass is 454 g/mol. The lowest BCUT2D eigenvalue weighted by Gasteiger charge is -2.39. The number of hydrogen-bond acceptors (Lipinski definition) is 2. The molecular formula is C33H30N2. The van der Waals surface area contributed by atoms with Crippen LogP contribution in [0.4, 0.5) is 0 Å². The lowest BCUT2D eigenvalue weighted by Crippen LogP contribution is -2.35. The minimum absolute atomic E-state index is 0.583. The predicted molar refractivity (Wildman–Crippen MR) is 146 cm³/mol. The van der Waals surface area contributed by atoms with Crippen LogP contribution in [-0.4, -0.2) is 23.5 Å². The highest BCUT2D eigenvalue weighted by atomic mass is 15.1. The first-order chi connectivity index (χ1) is 17.3. The topological polar surface area (TPSA) is 16.1 Å². The fraction of sp³-hybridized carbons (Fsp3) is 0.182. The smallest absolute Gasteiger partial charge is 0.0525 e. The van der Waals surface area contributed by atoms with Gasteiger partial charge in [-0.15, -0.1) is 0 Å². The molecule has 0 fully saturated rings. The van der Waals surface area contributed by atoms with Gasteiger partial charge in [-0.25, -0.2) is 0 Å². The molecule has 2 heterocycles. The molecule has 35 heavy (non-hydrogen) atoms. The summed E-state index contributed by atoms with van der Waals surface area (Å²) in [6, 6.07) is 37.2. The zero-order valence-corrected chi connectivity index (χ0v) is 20.2. The molecule has 0 saturated heterocycles. The third-order valence-electron chi connectivity index (χ3n) is 7.49. The van der Waals surface area contributed by atoms with E-state index in [9.17, 15) is 0 Å². The molecule has 1 aromatic heterocycles. The Kier molecular flexibility index (Phi) is 5.89. The second-order valence-corrected chi connectivity index (χ2v) is 9.63. The van der Waals surface area contributed by atoms with E-state index in [4.69, 9.17) is 0 Å². The maximum atomic E-state index is 4.50. The molecule has 4 aromatic carbocycles. The van der Waals surface area contributed by atoms with Crippen molar-refractivity contribution in [1.82, 2.24) is 9.88 Å². The zero-order chi connectivity index (χ0) is 23.6. The lowest BCUT2D eigenvalue weighted by atomic mass is 9.77. The number of nitrogens with zero attached hydrogens (tertiary/aromatic N) is 2. The van der Waals surface area contributed by atoms with E-state index in [1.165, 1.54) is 46.0 Å². The largest absolute Gasteiger partial charge is 0.299 e. The summed E-state index contributed by atoms with van der Waals surface area (Å²) in [5, 5.41) is 2.51. The summed E-state index contributed by atoms with van der Waals surface area (Å²) in [4.78, 5) is 7.02. The molecule has 2 aliphatic rings. The van der Waals surface area contributed by atoms with Crippen molar-refractivity contribution in [3.63, 3.8) is 0 Å². The normalized spacial score (nSPS) is 16.1. The van der Waals surface area contributed by atoms with Gasteiger partial charge in [0.2, 0.25) is 0 Å². The van der Waals surface area contributed by atoms with Gasteiger partial charge in [0.1, 0.15) is 0 Å². The first-order valence-corrected chi connectivity index (χ1v) is 12.5. The molecule has 0 bridgehead atoms. The van der Waals surface area contributed by atoms with Crippen LogP contribution in [0.25, 0.3) is 21.9 Å². The van der Waals surface area contributed by atoms with Crippen LogP contribution in [0.5, 0.6) is 0 Å². The Morgan fingerprint density at radius 1 is 0.743 bits per heavy atom. The Balaban J connectivity index is 0.000000131. The number of hydrogen-bond donors (Lipinski definition) is 0. The van der Waals surface area contributed by atoms with Gasteiger partial charge in [-0.1, -0.05) is 97.1 Å². The molecule has 0 N–H and O–H groups in total. The number of pyridine rings is 1. The molecule has 7 rings (SSSR count). The fourth-order valence-corrected chi connectivity index (χ4v) is 5.67. The van der Waals surface area contributed by atoms with E-state index in [1.807, 2.05) is 12.3 Å². The lowest BCUT2D eigenvalue weighted by molar-refractivity contribution is 0.228. The summed E-state index contributed by atoms with van der Waals surface area (Å²) < 4.78 is 0. The Morgan fingerprint density at radius 2 is 1.49 bits per heavy atom. The molecule has 1 unspecified atom stereocenters. The van der Waals surface area contributed by atoms with Crippen LogP contribution in [0.1, 0.15) is 34.0 Å².